The molecule has 92 valence electrons. The van der Waals surface area contributed by atoms with Gasteiger partial charge in [-0.05, 0) is 6.42 Å². The van der Waals surface area contributed by atoms with Crippen LogP contribution in [0.5, 0.6) is 0 Å². The molecule has 0 bridgehead atoms. The van der Waals surface area contributed by atoms with Crippen LogP contribution in [0.1, 0.15) is 26.2 Å². The predicted molar refractivity (Wildman–Crippen MR) is 52.6 cm³/mol. The van der Waals surface area contributed by atoms with Crippen molar-refractivity contribution in [2.45, 2.75) is 44.0 Å². The summed E-state index contributed by atoms with van der Waals surface area (Å²) in [6, 6.07) is 0. The van der Waals surface area contributed by atoms with Gasteiger partial charge in [-0.2, -0.15) is 0 Å². The highest BCUT2D eigenvalue weighted by molar-refractivity contribution is 5.92. The largest absolute Gasteiger partial charge is 0.479 e. The Hall–Kier alpha value is -0.980. The van der Waals surface area contributed by atoms with Gasteiger partial charge in [-0.1, -0.05) is 13.3 Å². The van der Waals surface area contributed by atoms with Crippen LogP contribution >= 0.6 is 0 Å². The lowest BCUT2D eigenvalue weighted by Crippen LogP contribution is -2.61. The molecular formula is C10H16O6. The third-order valence-corrected chi connectivity index (χ3v) is 3.09. The van der Waals surface area contributed by atoms with Gasteiger partial charge in [0.15, 0.2) is 11.4 Å². The first kappa shape index (κ1) is 13.1. The standard InChI is InChI=1S/C10H16O6/c1-2-3-5-7(12)8(13)6(11)4-10(5,16)9(14)15/h5,7-8,12-13,16H,2-4H2,1H3,(H,14,15)/t5-,7-,8-,10-/m1/s1. The molecule has 1 aliphatic carbocycles. The van der Waals surface area contributed by atoms with E-state index in [0.29, 0.717) is 6.42 Å². The molecule has 0 unspecified atom stereocenters. The molecule has 1 fully saturated rings. The minimum absolute atomic E-state index is 0.230. The number of aliphatic hydroxyl groups is 3. The maximum Gasteiger partial charge on any atom is 0.336 e. The number of carbonyl (C=O) groups is 2. The Kier molecular flexibility index (Phi) is 3.67. The minimum atomic E-state index is -2.27. The molecule has 0 heterocycles. The van der Waals surface area contributed by atoms with Crippen LogP contribution in [-0.4, -0.2) is 50.0 Å². The molecule has 0 saturated heterocycles. The number of Topliss-reactive ketones (excluding diaryl/α,β-unsaturated/α-hetero) is 1. The molecule has 1 aliphatic rings. The molecule has 0 amide bonds. The fourth-order valence-corrected chi connectivity index (χ4v) is 2.15. The molecule has 16 heavy (non-hydrogen) atoms. The lowest BCUT2D eigenvalue weighted by molar-refractivity contribution is -0.191. The van der Waals surface area contributed by atoms with Gasteiger partial charge in [0.2, 0.25) is 0 Å². The van der Waals surface area contributed by atoms with Gasteiger partial charge in [-0.3, -0.25) is 4.79 Å². The Labute approximate surface area is 92.5 Å². The topological polar surface area (TPSA) is 115 Å². The molecule has 1 rings (SSSR count). The van der Waals surface area contributed by atoms with Crippen molar-refractivity contribution < 1.29 is 30.0 Å². The van der Waals surface area contributed by atoms with Crippen LogP contribution < -0.4 is 0 Å². The molecule has 0 aromatic rings. The smallest absolute Gasteiger partial charge is 0.336 e. The van der Waals surface area contributed by atoms with E-state index in [1.54, 1.807) is 6.92 Å². The van der Waals surface area contributed by atoms with E-state index < -0.39 is 41.9 Å². The third kappa shape index (κ3) is 1.95. The minimum Gasteiger partial charge on any atom is -0.479 e. The van der Waals surface area contributed by atoms with Crippen molar-refractivity contribution >= 4 is 11.8 Å². The van der Waals surface area contributed by atoms with Crippen LogP contribution in [0.25, 0.3) is 0 Å². The fourth-order valence-electron chi connectivity index (χ4n) is 2.15. The van der Waals surface area contributed by atoms with Crippen LogP contribution in [0.3, 0.4) is 0 Å². The van der Waals surface area contributed by atoms with E-state index >= 15 is 0 Å². The van der Waals surface area contributed by atoms with E-state index in [-0.39, 0.29) is 6.42 Å². The average molecular weight is 232 g/mol. The number of hydrogen-bond donors (Lipinski definition) is 4. The highest BCUT2D eigenvalue weighted by Crippen LogP contribution is 2.35. The summed E-state index contributed by atoms with van der Waals surface area (Å²) in [6.07, 6.45) is -3.02. The Morgan fingerprint density at radius 3 is 2.50 bits per heavy atom. The maximum absolute atomic E-state index is 11.2. The summed E-state index contributed by atoms with van der Waals surface area (Å²) in [5.74, 6) is -3.40. The Morgan fingerprint density at radius 2 is 2.06 bits per heavy atom. The van der Waals surface area contributed by atoms with E-state index in [1.807, 2.05) is 0 Å². The Morgan fingerprint density at radius 1 is 1.50 bits per heavy atom. The zero-order chi connectivity index (χ0) is 12.5. The summed E-state index contributed by atoms with van der Waals surface area (Å²) >= 11 is 0. The van der Waals surface area contributed by atoms with E-state index in [0.717, 1.165) is 0 Å². The average Bonchev–Trinajstić information content (AvgIpc) is 2.21. The number of aliphatic hydroxyl groups excluding tert-OH is 2. The summed E-state index contributed by atoms with van der Waals surface area (Å²) in [6.45, 7) is 1.76. The van der Waals surface area contributed by atoms with Gasteiger partial charge in [0.05, 0.1) is 6.10 Å². The number of ketones is 1. The summed E-state index contributed by atoms with van der Waals surface area (Å²) in [4.78, 5) is 22.2. The number of carboxylic acids is 1. The summed E-state index contributed by atoms with van der Waals surface area (Å²) in [5, 5.41) is 37.8. The number of rotatable bonds is 3. The molecule has 0 aliphatic heterocycles. The molecule has 4 N–H and O–H groups in total. The van der Waals surface area contributed by atoms with Crippen LogP contribution in [0.15, 0.2) is 0 Å². The van der Waals surface area contributed by atoms with Gasteiger partial charge in [0, 0.05) is 12.3 Å². The molecule has 6 heteroatoms. The van der Waals surface area contributed by atoms with E-state index in [9.17, 15) is 24.9 Å². The molecule has 0 aromatic carbocycles. The summed E-state index contributed by atoms with van der Waals surface area (Å²) in [5.41, 5.74) is -2.27. The van der Waals surface area contributed by atoms with Crippen LogP contribution in [0.4, 0.5) is 0 Å². The molecular weight excluding hydrogens is 216 g/mol. The van der Waals surface area contributed by atoms with Gasteiger partial charge in [-0.25, -0.2) is 4.79 Å². The van der Waals surface area contributed by atoms with E-state index in [2.05, 4.69) is 0 Å². The number of carbonyl (C=O) groups excluding carboxylic acids is 1. The third-order valence-electron chi connectivity index (χ3n) is 3.09. The molecule has 6 nitrogen and oxygen atoms in total. The van der Waals surface area contributed by atoms with Gasteiger partial charge in [0.25, 0.3) is 0 Å². The van der Waals surface area contributed by atoms with Crippen molar-refractivity contribution in [1.82, 2.24) is 0 Å². The first-order valence-corrected chi connectivity index (χ1v) is 5.19. The van der Waals surface area contributed by atoms with E-state index in [4.69, 9.17) is 5.11 Å². The Balaban J connectivity index is 3.05. The predicted octanol–water partition coefficient (Wildman–Crippen LogP) is -1.09. The van der Waals surface area contributed by atoms with Crippen molar-refractivity contribution in [1.29, 1.82) is 0 Å². The zero-order valence-corrected chi connectivity index (χ0v) is 8.96. The van der Waals surface area contributed by atoms with Gasteiger partial charge < -0.3 is 20.4 Å². The Bertz CT molecular complexity index is 302. The fraction of sp³-hybridized carbons (Fsp3) is 0.800. The van der Waals surface area contributed by atoms with Crippen molar-refractivity contribution in [2.75, 3.05) is 0 Å². The summed E-state index contributed by atoms with van der Waals surface area (Å²) < 4.78 is 0. The SMILES string of the molecule is CCC[C@@H]1[C@@H](O)[C@H](O)C(=O)C[C@]1(O)C(=O)O. The van der Waals surface area contributed by atoms with Crippen molar-refractivity contribution in [3.05, 3.63) is 0 Å². The molecule has 1 saturated carbocycles. The van der Waals surface area contributed by atoms with Gasteiger partial charge in [-0.15, -0.1) is 0 Å². The quantitative estimate of drug-likeness (QED) is 0.491. The van der Waals surface area contributed by atoms with E-state index in [1.165, 1.54) is 0 Å². The highest BCUT2D eigenvalue weighted by atomic mass is 16.4. The first-order chi connectivity index (χ1) is 7.34. The second-order valence-corrected chi connectivity index (χ2v) is 4.20. The lowest BCUT2D eigenvalue weighted by atomic mass is 9.70. The first-order valence-electron chi connectivity index (χ1n) is 5.19. The van der Waals surface area contributed by atoms with Crippen LogP contribution in [-0.2, 0) is 9.59 Å². The normalized spacial score (nSPS) is 39.8. The van der Waals surface area contributed by atoms with Crippen molar-refractivity contribution in [3.8, 4) is 0 Å². The second kappa shape index (κ2) is 4.48. The summed E-state index contributed by atoms with van der Waals surface area (Å²) in [7, 11) is 0. The van der Waals surface area contributed by atoms with Crippen LogP contribution in [0.2, 0.25) is 0 Å². The lowest BCUT2D eigenvalue weighted by Gasteiger charge is -2.41. The van der Waals surface area contributed by atoms with Gasteiger partial charge >= 0.3 is 5.97 Å². The zero-order valence-electron chi connectivity index (χ0n) is 8.96. The molecule has 4 atom stereocenters. The molecule has 0 spiro atoms. The van der Waals surface area contributed by atoms with Crippen molar-refractivity contribution in [3.63, 3.8) is 0 Å². The number of carboxylic acid groups (broad SMARTS) is 1. The highest BCUT2D eigenvalue weighted by Gasteiger charge is 2.55. The van der Waals surface area contributed by atoms with Crippen molar-refractivity contribution in [2.24, 2.45) is 5.92 Å². The maximum atomic E-state index is 11.2. The van der Waals surface area contributed by atoms with Crippen LogP contribution in [0, 0.1) is 5.92 Å². The second-order valence-electron chi connectivity index (χ2n) is 4.20. The monoisotopic (exact) mass is 232 g/mol. The molecule has 0 aromatic heterocycles. The van der Waals surface area contributed by atoms with Gasteiger partial charge in [0.1, 0.15) is 6.10 Å². The number of hydrogen-bond acceptors (Lipinski definition) is 5. The molecule has 0 radical (unpaired) electrons. The number of aliphatic carboxylic acids is 1.